The molecule has 7 nitrogen and oxygen atoms in total. The van der Waals surface area contributed by atoms with Crippen molar-refractivity contribution >= 4 is 19.1 Å². The zero-order chi connectivity index (χ0) is 27.2. The number of rotatable bonds is 8. The Morgan fingerprint density at radius 2 is 1.70 bits per heavy atom. The lowest BCUT2D eigenvalue weighted by molar-refractivity contribution is -0.274. The molecule has 0 aliphatic carbocycles. The van der Waals surface area contributed by atoms with Gasteiger partial charge in [-0.15, -0.1) is 13.2 Å². The van der Waals surface area contributed by atoms with Gasteiger partial charge in [-0.25, -0.2) is 9.67 Å². The molecule has 1 fully saturated rings. The van der Waals surface area contributed by atoms with E-state index in [1.807, 2.05) is 27.7 Å². The fourth-order valence-corrected chi connectivity index (χ4v) is 4.63. The van der Waals surface area contributed by atoms with Crippen molar-refractivity contribution in [2.75, 3.05) is 6.61 Å². The zero-order valence-corrected chi connectivity index (χ0v) is 23.3. The lowest BCUT2D eigenvalue weighted by atomic mass is 9.90. The molecule has 0 N–H and O–H groups in total. The molecule has 0 unspecified atom stereocenters. The first kappa shape index (κ1) is 27.6. The van der Waals surface area contributed by atoms with E-state index in [2.05, 4.69) is 34.5 Å². The Kier molecular flexibility index (Phi) is 7.21. The molecule has 4 rings (SSSR count). The molecule has 0 spiro atoms. The molecule has 0 bridgehead atoms. The molecule has 11 heteroatoms. The molecule has 0 radical (unpaired) electrons. The number of benzene rings is 1. The number of halogens is 3. The standard InChI is InChI=1S/C26H34F3N3O4Si/c1-24(2)25(3,4)36-23(35-24)17-14-19-21(18-10-8-9-11-20(18)34-26(27,28)29)31-32(22(19)30-15-17)16-33-12-13-37(5,6)7/h8-11,14-15,23H,12-13,16H2,1-7H3. The van der Waals surface area contributed by atoms with Gasteiger partial charge in [-0.3, -0.25) is 0 Å². The van der Waals surface area contributed by atoms with E-state index >= 15 is 0 Å². The molecule has 37 heavy (non-hydrogen) atoms. The molecule has 202 valence electrons. The fraction of sp³-hybridized carbons (Fsp3) is 0.538. The van der Waals surface area contributed by atoms with Gasteiger partial charge in [-0.05, 0) is 51.9 Å². The molecule has 0 amide bonds. The van der Waals surface area contributed by atoms with Crippen LogP contribution in [-0.2, 0) is 20.9 Å². The highest BCUT2D eigenvalue weighted by Crippen LogP contribution is 2.45. The highest BCUT2D eigenvalue weighted by Gasteiger charge is 2.49. The van der Waals surface area contributed by atoms with Crippen LogP contribution in [0, 0.1) is 0 Å². The van der Waals surface area contributed by atoms with Crippen LogP contribution < -0.4 is 4.74 Å². The van der Waals surface area contributed by atoms with Crippen LogP contribution in [0.1, 0.15) is 39.5 Å². The van der Waals surface area contributed by atoms with Gasteiger partial charge in [0.25, 0.3) is 0 Å². The van der Waals surface area contributed by atoms with Crippen molar-refractivity contribution in [1.29, 1.82) is 0 Å². The summed E-state index contributed by atoms with van der Waals surface area (Å²) >= 11 is 0. The number of para-hydroxylation sites is 1. The van der Waals surface area contributed by atoms with E-state index in [9.17, 15) is 13.2 Å². The first-order chi connectivity index (χ1) is 17.1. The molecular weight excluding hydrogens is 503 g/mol. The number of alkyl halides is 3. The Bertz CT molecular complexity index is 1250. The normalized spacial score (nSPS) is 18.0. The largest absolute Gasteiger partial charge is 0.573 e. The van der Waals surface area contributed by atoms with E-state index < -0.39 is 31.9 Å². The van der Waals surface area contributed by atoms with Crippen LogP contribution in [0.5, 0.6) is 5.75 Å². The first-order valence-electron chi connectivity index (χ1n) is 12.2. The lowest BCUT2D eigenvalue weighted by Crippen LogP contribution is -2.41. The SMILES string of the molecule is CC1(C)OC(c2cnc3c(c2)c(-c2ccccc2OC(F)(F)F)nn3COCC[Si](C)(C)C)OC1(C)C. The average molecular weight is 538 g/mol. The molecule has 0 atom stereocenters. The maximum atomic E-state index is 13.2. The van der Waals surface area contributed by atoms with Crippen molar-refractivity contribution in [2.45, 2.75) is 84.0 Å². The van der Waals surface area contributed by atoms with Crippen molar-refractivity contribution in [3.05, 3.63) is 42.1 Å². The van der Waals surface area contributed by atoms with Crippen molar-refractivity contribution in [2.24, 2.45) is 0 Å². The summed E-state index contributed by atoms with van der Waals surface area (Å²) in [6.07, 6.45) is -3.89. The first-order valence-corrected chi connectivity index (χ1v) is 15.9. The summed E-state index contributed by atoms with van der Waals surface area (Å²) in [6, 6.07) is 8.71. The third-order valence-electron chi connectivity index (χ3n) is 6.71. The van der Waals surface area contributed by atoms with E-state index in [1.54, 1.807) is 29.1 Å². The van der Waals surface area contributed by atoms with E-state index in [4.69, 9.17) is 14.2 Å². The van der Waals surface area contributed by atoms with Gasteiger partial charge >= 0.3 is 6.36 Å². The zero-order valence-electron chi connectivity index (χ0n) is 22.3. The maximum absolute atomic E-state index is 13.2. The smallest absolute Gasteiger partial charge is 0.405 e. The summed E-state index contributed by atoms with van der Waals surface area (Å²) < 4.78 is 63.6. The lowest BCUT2D eigenvalue weighted by Gasteiger charge is -2.30. The van der Waals surface area contributed by atoms with Gasteiger partial charge in [0.15, 0.2) is 11.9 Å². The molecular formula is C26H34F3N3O4Si. The predicted octanol–water partition coefficient (Wildman–Crippen LogP) is 6.91. The molecule has 1 aliphatic heterocycles. The summed E-state index contributed by atoms with van der Waals surface area (Å²) in [4.78, 5) is 4.61. The Labute approximate surface area is 215 Å². The van der Waals surface area contributed by atoms with Crippen molar-refractivity contribution in [3.63, 3.8) is 0 Å². The molecule has 3 aromatic rings. The number of nitrogens with zero attached hydrogens (tertiary/aromatic N) is 3. The van der Waals surface area contributed by atoms with Crippen LogP contribution >= 0.6 is 0 Å². The Hall–Kier alpha value is -2.47. The van der Waals surface area contributed by atoms with Crippen LogP contribution in [0.15, 0.2) is 36.5 Å². The van der Waals surface area contributed by atoms with Gasteiger partial charge in [0, 0.05) is 37.4 Å². The minimum Gasteiger partial charge on any atom is -0.405 e. The highest BCUT2D eigenvalue weighted by molar-refractivity contribution is 6.76. The molecule has 2 aromatic heterocycles. The number of hydrogen-bond acceptors (Lipinski definition) is 6. The summed E-state index contributed by atoms with van der Waals surface area (Å²) in [7, 11) is -1.29. The second-order valence-electron chi connectivity index (χ2n) is 11.5. The van der Waals surface area contributed by atoms with E-state index in [0.29, 0.717) is 28.9 Å². The average Bonchev–Trinajstić information content (AvgIpc) is 3.22. The van der Waals surface area contributed by atoms with Gasteiger partial charge in [-0.2, -0.15) is 5.10 Å². The maximum Gasteiger partial charge on any atom is 0.573 e. The minimum atomic E-state index is -4.85. The van der Waals surface area contributed by atoms with Crippen LogP contribution in [-0.4, -0.2) is 47.0 Å². The summed E-state index contributed by atoms with van der Waals surface area (Å²) in [5.74, 6) is -0.345. The van der Waals surface area contributed by atoms with Crippen LogP contribution in [0.2, 0.25) is 25.7 Å². The quantitative estimate of drug-likeness (QED) is 0.230. The monoisotopic (exact) mass is 537 g/mol. The van der Waals surface area contributed by atoms with Crippen LogP contribution in [0.3, 0.4) is 0 Å². The Balaban J connectivity index is 1.76. The summed E-state index contributed by atoms with van der Waals surface area (Å²) in [6.45, 7) is 15.3. The third kappa shape index (κ3) is 6.16. The fourth-order valence-electron chi connectivity index (χ4n) is 3.88. The van der Waals surface area contributed by atoms with Gasteiger partial charge in [-0.1, -0.05) is 31.8 Å². The third-order valence-corrected chi connectivity index (χ3v) is 8.42. The molecule has 1 aromatic carbocycles. The summed E-state index contributed by atoms with van der Waals surface area (Å²) in [5, 5.41) is 5.16. The second-order valence-corrected chi connectivity index (χ2v) is 17.1. The minimum absolute atomic E-state index is 0.117. The van der Waals surface area contributed by atoms with E-state index in [1.165, 1.54) is 12.1 Å². The number of ether oxygens (including phenoxy) is 4. The highest BCUT2D eigenvalue weighted by atomic mass is 28.3. The second kappa shape index (κ2) is 9.68. The number of aromatic nitrogens is 3. The van der Waals surface area contributed by atoms with Crippen molar-refractivity contribution < 1.29 is 32.1 Å². The summed E-state index contributed by atoms with van der Waals surface area (Å²) in [5.41, 5.74) is 0.493. The number of hydrogen-bond donors (Lipinski definition) is 0. The van der Waals surface area contributed by atoms with Gasteiger partial charge < -0.3 is 18.9 Å². The topological polar surface area (TPSA) is 67.6 Å². The number of pyridine rings is 1. The van der Waals surface area contributed by atoms with Crippen molar-refractivity contribution in [3.8, 4) is 17.0 Å². The predicted molar refractivity (Wildman–Crippen MR) is 137 cm³/mol. The Morgan fingerprint density at radius 3 is 2.32 bits per heavy atom. The van der Waals surface area contributed by atoms with Crippen LogP contribution in [0.4, 0.5) is 13.2 Å². The molecule has 1 saturated heterocycles. The van der Waals surface area contributed by atoms with Gasteiger partial charge in [0.2, 0.25) is 0 Å². The van der Waals surface area contributed by atoms with E-state index in [0.717, 1.165) is 6.04 Å². The van der Waals surface area contributed by atoms with Crippen molar-refractivity contribution in [1.82, 2.24) is 14.8 Å². The van der Waals surface area contributed by atoms with E-state index in [-0.39, 0.29) is 18.0 Å². The number of fused-ring (bicyclic) bond motifs is 1. The van der Waals surface area contributed by atoms with Gasteiger partial charge in [0.1, 0.15) is 18.2 Å². The van der Waals surface area contributed by atoms with Crippen LogP contribution in [0.25, 0.3) is 22.3 Å². The molecule has 1 aliphatic rings. The molecule has 0 saturated carbocycles. The Morgan fingerprint density at radius 1 is 1.05 bits per heavy atom. The van der Waals surface area contributed by atoms with Gasteiger partial charge in [0.05, 0.1) is 11.2 Å². The molecule has 3 heterocycles.